The van der Waals surface area contributed by atoms with Gasteiger partial charge in [0, 0.05) is 17.8 Å². The number of pyridine rings is 1. The van der Waals surface area contributed by atoms with Gasteiger partial charge in [0.1, 0.15) is 5.03 Å². The van der Waals surface area contributed by atoms with Crippen molar-refractivity contribution in [3.05, 3.63) is 34.9 Å². The Kier molecular flexibility index (Phi) is 4.36. The van der Waals surface area contributed by atoms with Gasteiger partial charge in [-0.05, 0) is 12.1 Å². The van der Waals surface area contributed by atoms with E-state index in [1.54, 1.807) is 29.9 Å². The average molecular weight is 286 g/mol. The molecule has 0 aliphatic heterocycles. The zero-order valence-corrected chi connectivity index (χ0v) is 11.0. The Labute approximate surface area is 111 Å². The number of carbonyl (C=O) groups is 1. The minimum absolute atomic E-state index is 0.119. The van der Waals surface area contributed by atoms with Crippen molar-refractivity contribution in [3.63, 3.8) is 0 Å². The maximum Gasteiger partial charge on any atom is 0.236 e. The number of aromatic nitrogens is 2. The van der Waals surface area contributed by atoms with Crippen LogP contribution in [0.3, 0.4) is 0 Å². The van der Waals surface area contributed by atoms with E-state index in [1.165, 1.54) is 23.1 Å². The van der Waals surface area contributed by atoms with E-state index in [1.807, 2.05) is 0 Å². The second kappa shape index (κ2) is 6.00. The quantitative estimate of drug-likeness (QED) is 0.878. The summed E-state index contributed by atoms with van der Waals surface area (Å²) in [5.41, 5.74) is 0. The molecule has 0 aromatic carbocycles. The first-order valence-corrected chi connectivity index (χ1v) is 6.92. The molecule has 17 heavy (non-hydrogen) atoms. The van der Waals surface area contributed by atoms with Crippen molar-refractivity contribution in [2.75, 3.05) is 11.1 Å². The van der Waals surface area contributed by atoms with Gasteiger partial charge >= 0.3 is 0 Å². The number of amides is 1. The molecule has 1 amide bonds. The fourth-order valence-electron chi connectivity index (χ4n) is 1.05. The molecule has 0 atom stereocenters. The Morgan fingerprint density at radius 2 is 2.35 bits per heavy atom. The number of halogens is 1. The van der Waals surface area contributed by atoms with Gasteiger partial charge in [0.25, 0.3) is 0 Å². The highest BCUT2D eigenvalue weighted by Gasteiger charge is 2.07. The van der Waals surface area contributed by atoms with Crippen LogP contribution in [-0.4, -0.2) is 21.6 Å². The molecule has 0 radical (unpaired) electrons. The van der Waals surface area contributed by atoms with Gasteiger partial charge in [-0.25, -0.2) is 9.97 Å². The van der Waals surface area contributed by atoms with Crippen LogP contribution in [0, 0.1) is 0 Å². The molecule has 2 rings (SSSR count). The van der Waals surface area contributed by atoms with Crippen LogP contribution in [-0.2, 0) is 4.79 Å². The van der Waals surface area contributed by atoms with Crippen molar-refractivity contribution in [2.24, 2.45) is 0 Å². The minimum Gasteiger partial charge on any atom is -0.301 e. The summed E-state index contributed by atoms with van der Waals surface area (Å²) in [5.74, 6) is 0.141. The largest absolute Gasteiger partial charge is 0.301 e. The second-order valence-corrected chi connectivity index (χ2v) is 5.23. The number of hydrogen-bond donors (Lipinski definition) is 1. The van der Waals surface area contributed by atoms with Gasteiger partial charge in [-0.1, -0.05) is 23.4 Å². The van der Waals surface area contributed by atoms with Gasteiger partial charge in [-0.15, -0.1) is 11.3 Å². The highest BCUT2D eigenvalue weighted by Crippen LogP contribution is 2.24. The van der Waals surface area contributed by atoms with Crippen LogP contribution < -0.4 is 5.32 Å². The van der Waals surface area contributed by atoms with Crippen LogP contribution in [0.1, 0.15) is 0 Å². The van der Waals surface area contributed by atoms with E-state index in [0.717, 1.165) is 0 Å². The Balaban J connectivity index is 1.86. The zero-order valence-electron chi connectivity index (χ0n) is 8.59. The fraction of sp³-hybridized carbons (Fsp3) is 0.100. The molecule has 1 N–H and O–H groups in total. The number of nitrogens with zero attached hydrogens (tertiary/aromatic N) is 2. The molecule has 0 fully saturated rings. The number of thioether (sulfide) groups is 1. The fourth-order valence-corrected chi connectivity index (χ4v) is 2.56. The molecule has 0 unspecified atom stereocenters. The second-order valence-electron chi connectivity index (χ2n) is 2.96. The van der Waals surface area contributed by atoms with E-state index < -0.39 is 0 Å². The number of carbonyl (C=O) groups excluding carboxylic acids is 1. The van der Waals surface area contributed by atoms with Crippen LogP contribution in [0.5, 0.6) is 0 Å². The van der Waals surface area contributed by atoms with Gasteiger partial charge in [0.05, 0.1) is 10.8 Å². The number of hydrogen-bond acceptors (Lipinski definition) is 5. The van der Waals surface area contributed by atoms with Gasteiger partial charge < -0.3 is 5.32 Å². The summed E-state index contributed by atoms with van der Waals surface area (Å²) in [4.78, 5) is 19.6. The highest BCUT2D eigenvalue weighted by molar-refractivity contribution is 8.00. The lowest BCUT2D eigenvalue weighted by molar-refractivity contribution is -0.113. The van der Waals surface area contributed by atoms with Gasteiger partial charge in [-0.3, -0.25) is 4.79 Å². The molecule has 2 aromatic heterocycles. The summed E-state index contributed by atoms with van der Waals surface area (Å²) < 4.78 is 0. The smallest absolute Gasteiger partial charge is 0.236 e. The molecule has 2 aromatic rings. The molecular weight excluding hydrogens is 278 g/mol. The van der Waals surface area contributed by atoms with E-state index in [-0.39, 0.29) is 11.7 Å². The summed E-state index contributed by atoms with van der Waals surface area (Å²) in [6.07, 6.45) is 3.29. The molecule has 88 valence electrons. The van der Waals surface area contributed by atoms with Crippen molar-refractivity contribution >= 4 is 45.7 Å². The predicted molar refractivity (Wildman–Crippen MR) is 70.7 cm³/mol. The van der Waals surface area contributed by atoms with Crippen LogP contribution in [0.4, 0.5) is 5.13 Å². The third-order valence-corrected chi connectivity index (χ3v) is 3.85. The first-order chi connectivity index (χ1) is 8.25. The predicted octanol–water partition coefficient (Wildman–Crippen LogP) is 2.92. The summed E-state index contributed by atoms with van der Waals surface area (Å²) in [7, 11) is 0. The van der Waals surface area contributed by atoms with E-state index >= 15 is 0 Å². The number of nitrogens with one attached hydrogen (secondary N) is 1. The lowest BCUT2D eigenvalue weighted by Crippen LogP contribution is -2.13. The van der Waals surface area contributed by atoms with Crippen molar-refractivity contribution in [3.8, 4) is 0 Å². The average Bonchev–Trinajstić information content (AvgIpc) is 2.81. The Bertz CT molecular complexity index is 504. The first kappa shape index (κ1) is 12.3. The van der Waals surface area contributed by atoms with Gasteiger partial charge in [-0.2, -0.15) is 0 Å². The maximum absolute atomic E-state index is 11.6. The monoisotopic (exact) mass is 285 g/mol. The summed E-state index contributed by atoms with van der Waals surface area (Å²) in [6.45, 7) is 0. The Hall–Kier alpha value is -1.11. The van der Waals surface area contributed by atoms with E-state index in [9.17, 15) is 4.79 Å². The van der Waals surface area contributed by atoms with Gasteiger partial charge in [0.2, 0.25) is 5.91 Å². The Morgan fingerprint density at radius 3 is 3.06 bits per heavy atom. The maximum atomic E-state index is 11.6. The highest BCUT2D eigenvalue weighted by atomic mass is 35.5. The summed E-state index contributed by atoms with van der Waals surface area (Å²) in [5, 5.41) is 6.30. The number of rotatable bonds is 4. The third-order valence-electron chi connectivity index (χ3n) is 1.74. The molecule has 4 nitrogen and oxygen atoms in total. The Morgan fingerprint density at radius 1 is 1.47 bits per heavy atom. The molecule has 7 heteroatoms. The van der Waals surface area contributed by atoms with Crippen molar-refractivity contribution in [1.29, 1.82) is 0 Å². The molecule has 0 spiro atoms. The zero-order chi connectivity index (χ0) is 12.1. The number of anilines is 1. The van der Waals surface area contributed by atoms with Crippen LogP contribution in [0.15, 0.2) is 34.9 Å². The van der Waals surface area contributed by atoms with Crippen molar-refractivity contribution in [2.45, 2.75) is 5.03 Å². The molecular formula is C10H8ClN3OS2. The van der Waals surface area contributed by atoms with Crippen LogP contribution >= 0.6 is 34.7 Å². The molecule has 0 saturated carbocycles. The van der Waals surface area contributed by atoms with Crippen molar-refractivity contribution < 1.29 is 4.79 Å². The van der Waals surface area contributed by atoms with Crippen molar-refractivity contribution in [1.82, 2.24) is 9.97 Å². The minimum atomic E-state index is -0.119. The van der Waals surface area contributed by atoms with E-state index in [2.05, 4.69) is 15.3 Å². The normalized spacial score (nSPS) is 10.2. The third kappa shape index (κ3) is 3.69. The van der Waals surface area contributed by atoms with Crippen LogP contribution in [0.25, 0.3) is 0 Å². The van der Waals surface area contributed by atoms with Crippen LogP contribution in [0.2, 0.25) is 5.02 Å². The summed E-state index contributed by atoms with van der Waals surface area (Å²) in [6, 6.07) is 3.50. The molecule has 0 bridgehead atoms. The molecule has 0 saturated heterocycles. The molecule has 0 aliphatic carbocycles. The topological polar surface area (TPSA) is 54.9 Å². The van der Waals surface area contributed by atoms with E-state index in [0.29, 0.717) is 15.2 Å². The first-order valence-electron chi connectivity index (χ1n) is 4.68. The standard InChI is InChI=1S/C10H8ClN3OS2/c11-7-2-1-3-12-9(7)17-6-8(15)14-10-13-4-5-16-10/h1-5H,6H2,(H,13,14,15). The molecule has 2 heterocycles. The SMILES string of the molecule is O=C(CSc1ncccc1Cl)Nc1nccs1. The number of thiazole rings is 1. The molecule has 0 aliphatic rings. The lowest BCUT2D eigenvalue weighted by atomic mass is 10.5. The van der Waals surface area contributed by atoms with Gasteiger partial charge in [0.15, 0.2) is 5.13 Å². The van der Waals surface area contributed by atoms with E-state index in [4.69, 9.17) is 11.6 Å². The summed E-state index contributed by atoms with van der Waals surface area (Å²) >= 11 is 8.61. The lowest BCUT2D eigenvalue weighted by Gasteiger charge is -2.02.